The first-order valence-corrected chi connectivity index (χ1v) is 9.06. The lowest BCUT2D eigenvalue weighted by Gasteiger charge is -2.03. The van der Waals surface area contributed by atoms with Gasteiger partial charge in [0.25, 0.3) is 11.5 Å². The average molecular weight is 436 g/mol. The number of benzene rings is 1. The van der Waals surface area contributed by atoms with Gasteiger partial charge in [-0.2, -0.15) is 5.26 Å². The lowest BCUT2D eigenvalue weighted by atomic mass is 10.3. The van der Waals surface area contributed by atoms with Crippen molar-refractivity contribution in [3.8, 4) is 11.8 Å². The molecule has 26 heavy (non-hydrogen) atoms. The molecule has 1 aromatic carbocycles. The van der Waals surface area contributed by atoms with Gasteiger partial charge < -0.3 is 10.1 Å². The Morgan fingerprint density at radius 2 is 2.04 bits per heavy atom. The van der Waals surface area contributed by atoms with Crippen LogP contribution in [0, 0.1) is 11.3 Å². The first-order valence-electron chi connectivity index (χ1n) is 7.45. The third-order valence-corrected chi connectivity index (χ3v) is 4.84. The summed E-state index contributed by atoms with van der Waals surface area (Å²) in [4.78, 5) is 36.6. The monoisotopic (exact) mass is 435 g/mol. The van der Waals surface area contributed by atoms with Crippen molar-refractivity contribution < 1.29 is 14.3 Å². The summed E-state index contributed by atoms with van der Waals surface area (Å²) < 4.78 is 7.07. The molecular weight excluding hydrogens is 422 g/mol. The van der Waals surface area contributed by atoms with Crippen molar-refractivity contribution >= 4 is 50.8 Å². The number of ether oxygens (including phenoxy) is 1. The van der Waals surface area contributed by atoms with Crippen LogP contribution >= 0.6 is 27.3 Å². The molecule has 1 amide bonds. The Morgan fingerprint density at radius 1 is 1.38 bits per heavy atom. The van der Waals surface area contributed by atoms with Gasteiger partial charge in [-0.15, -0.1) is 11.3 Å². The lowest BCUT2D eigenvalue weighted by Crippen LogP contribution is -2.33. The standard InChI is InChI=1S/C17H14BrN3O4S/c1-3-25-14(22)8-13-16(24)21(11-6-4-10(18)5-7-11)17(26-13)12(9-19)15(23)20-2/h4-8H,3H2,1-2H3,(H,20,23)/b13-8+,17-12+. The van der Waals surface area contributed by atoms with Crippen molar-refractivity contribution in [3.63, 3.8) is 0 Å². The molecule has 0 spiro atoms. The second-order valence-corrected chi connectivity index (χ2v) is 6.80. The molecule has 0 fully saturated rings. The van der Waals surface area contributed by atoms with Crippen molar-refractivity contribution in [1.82, 2.24) is 9.88 Å². The molecular formula is C17H14BrN3O4S. The Hall–Kier alpha value is -2.70. The first kappa shape index (κ1) is 19.6. The van der Waals surface area contributed by atoms with E-state index in [1.807, 2.05) is 6.07 Å². The minimum atomic E-state index is -0.668. The summed E-state index contributed by atoms with van der Waals surface area (Å²) >= 11 is 4.19. The number of amides is 1. The maximum absolute atomic E-state index is 12.8. The van der Waals surface area contributed by atoms with Crippen LogP contribution in [-0.4, -0.2) is 30.1 Å². The zero-order valence-corrected chi connectivity index (χ0v) is 16.3. The molecule has 0 aliphatic rings. The number of hydrogen-bond donors (Lipinski definition) is 1. The molecule has 1 aromatic heterocycles. The Morgan fingerprint density at radius 3 is 2.58 bits per heavy atom. The van der Waals surface area contributed by atoms with Crippen molar-refractivity contribution in [2.75, 3.05) is 13.7 Å². The van der Waals surface area contributed by atoms with E-state index >= 15 is 0 Å². The van der Waals surface area contributed by atoms with E-state index in [1.54, 1.807) is 31.2 Å². The summed E-state index contributed by atoms with van der Waals surface area (Å²) in [6.45, 7) is 1.82. The summed E-state index contributed by atoms with van der Waals surface area (Å²) in [5.74, 6) is -1.29. The lowest BCUT2D eigenvalue weighted by molar-refractivity contribution is -0.135. The predicted octanol–water partition coefficient (Wildman–Crippen LogP) is 0.425. The maximum Gasteiger partial charge on any atom is 0.332 e. The molecule has 0 bridgehead atoms. The number of hydrogen-bond acceptors (Lipinski definition) is 6. The highest BCUT2D eigenvalue weighted by Gasteiger charge is 2.16. The van der Waals surface area contributed by atoms with Crippen LogP contribution < -0.4 is 20.1 Å². The SMILES string of the molecule is CCOC(=O)/C=c1/s/c(=C(\C#N)C(=O)NC)n(-c2ccc(Br)cc2)c1=O. The van der Waals surface area contributed by atoms with Gasteiger partial charge in [0.05, 0.1) is 12.3 Å². The van der Waals surface area contributed by atoms with Crippen LogP contribution in [0.1, 0.15) is 6.92 Å². The van der Waals surface area contributed by atoms with Crippen LogP contribution in [0.3, 0.4) is 0 Å². The minimum absolute atomic E-state index is 0.0676. The van der Waals surface area contributed by atoms with Gasteiger partial charge in [-0.05, 0) is 31.2 Å². The fourth-order valence-corrected chi connectivity index (χ4v) is 3.41. The van der Waals surface area contributed by atoms with E-state index in [9.17, 15) is 19.6 Å². The second kappa shape index (κ2) is 8.60. The summed E-state index contributed by atoms with van der Waals surface area (Å²) in [6, 6.07) is 8.60. The molecule has 0 radical (unpaired) electrons. The molecule has 0 saturated carbocycles. The highest BCUT2D eigenvalue weighted by Crippen LogP contribution is 2.12. The van der Waals surface area contributed by atoms with E-state index < -0.39 is 17.4 Å². The highest BCUT2D eigenvalue weighted by atomic mass is 79.9. The number of halogens is 1. The Kier molecular flexibility index (Phi) is 6.49. The summed E-state index contributed by atoms with van der Waals surface area (Å²) in [5.41, 5.74) is -0.275. The van der Waals surface area contributed by atoms with Crippen molar-refractivity contribution in [2.24, 2.45) is 0 Å². The Balaban J connectivity index is 2.91. The third-order valence-electron chi connectivity index (χ3n) is 3.22. The molecule has 0 aliphatic carbocycles. The number of carbonyl (C=O) groups is 2. The number of carbonyl (C=O) groups excluding carboxylic acids is 2. The predicted molar refractivity (Wildman–Crippen MR) is 101 cm³/mol. The van der Waals surface area contributed by atoms with Crippen molar-refractivity contribution in [1.29, 1.82) is 5.26 Å². The normalized spacial score (nSPS) is 12.3. The van der Waals surface area contributed by atoms with Crippen LogP contribution in [0.2, 0.25) is 0 Å². The summed E-state index contributed by atoms with van der Waals surface area (Å²) in [5, 5.41) is 11.8. The zero-order valence-electron chi connectivity index (χ0n) is 13.9. The van der Waals surface area contributed by atoms with E-state index in [0.717, 1.165) is 21.9 Å². The second-order valence-electron chi connectivity index (χ2n) is 4.85. The van der Waals surface area contributed by atoms with Gasteiger partial charge in [0.2, 0.25) is 0 Å². The van der Waals surface area contributed by atoms with Crippen molar-refractivity contribution in [2.45, 2.75) is 6.92 Å². The van der Waals surface area contributed by atoms with Gasteiger partial charge in [0.1, 0.15) is 15.3 Å². The van der Waals surface area contributed by atoms with E-state index in [0.29, 0.717) is 5.69 Å². The van der Waals surface area contributed by atoms with Crippen LogP contribution in [0.5, 0.6) is 0 Å². The molecule has 134 valence electrons. The number of esters is 1. The topological polar surface area (TPSA) is 101 Å². The largest absolute Gasteiger partial charge is 0.463 e. The van der Waals surface area contributed by atoms with Crippen LogP contribution in [0.25, 0.3) is 17.3 Å². The van der Waals surface area contributed by atoms with Crippen molar-refractivity contribution in [3.05, 3.63) is 48.3 Å². The maximum atomic E-state index is 12.8. The number of aromatic nitrogens is 1. The quantitative estimate of drug-likeness (QED) is 0.701. The van der Waals surface area contributed by atoms with E-state index in [4.69, 9.17) is 4.74 Å². The fraction of sp³-hybridized carbons (Fsp3) is 0.176. The van der Waals surface area contributed by atoms with Gasteiger partial charge >= 0.3 is 5.97 Å². The fourth-order valence-electron chi connectivity index (χ4n) is 2.09. The van der Waals surface area contributed by atoms with E-state index in [2.05, 4.69) is 21.2 Å². The molecule has 2 rings (SSSR count). The smallest absolute Gasteiger partial charge is 0.332 e. The molecule has 7 nitrogen and oxygen atoms in total. The van der Waals surface area contributed by atoms with Gasteiger partial charge in [-0.25, -0.2) is 4.79 Å². The van der Waals surface area contributed by atoms with Crippen LogP contribution in [-0.2, 0) is 14.3 Å². The third kappa shape index (κ3) is 4.09. The number of nitrogens with zero attached hydrogens (tertiary/aromatic N) is 2. The van der Waals surface area contributed by atoms with Gasteiger partial charge in [0.15, 0.2) is 5.57 Å². The molecule has 0 aliphatic heterocycles. The summed E-state index contributed by atoms with van der Waals surface area (Å²) in [7, 11) is 1.39. The van der Waals surface area contributed by atoms with Gasteiger partial charge in [0, 0.05) is 17.6 Å². The molecule has 1 N–H and O–H groups in total. The highest BCUT2D eigenvalue weighted by molar-refractivity contribution is 9.10. The van der Waals surface area contributed by atoms with E-state index in [-0.39, 0.29) is 21.4 Å². The molecule has 9 heteroatoms. The van der Waals surface area contributed by atoms with Gasteiger partial charge in [-0.3, -0.25) is 14.2 Å². The molecule has 2 aromatic rings. The molecule has 0 saturated heterocycles. The molecule has 1 heterocycles. The van der Waals surface area contributed by atoms with Gasteiger partial charge in [-0.1, -0.05) is 15.9 Å². The molecule has 0 unspecified atom stereocenters. The Bertz CT molecular complexity index is 1060. The van der Waals surface area contributed by atoms with Crippen LogP contribution in [0.4, 0.5) is 0 Å². The average Bonchev–Trinajstić information content (AvgIpc) is 2.92. The zero-order chi connectivity index (χ0) is 19.3. The van der Waals surface area contributed by atoms with E-state index in [1.165, 1.54) is 11.6 Å². The number of nitriles is 1. The molecule has 0 atom stereocenters. The number of nitrogens with one attached hydrogen (secondary N) is 1. The van der Waals surface area contributed by atoms with Crippen LogP contribution in [0.15, 0.2) is 33.5 Å². The first-order chi connectivity index (χ1) is 12.4. The number of thiazole rings is 1. The minimum Gasteiger partial charge on any atom is -0.463 e. The summed E-state index contributed by atoms with van der Waals surface area (Å²) in [6.07, 6.45) is 1.06. The number of rotatable bonds is 4. The Labute approximate surface area is 161 Å².